The molecule has 0 unspecified atom stereocenters. The monoisotopic (exact) mass is 119 g/mol. The van der Waals surface area contributed by atoms with Crippen molar-refractivity contribution in [2.75, 3.05) is 0 Å². The van der Waals surface area contributed by atoms with Crippen LogP contribution in [-0.2, 0) is 0 Å². The first-order valence-corrected chi connectivity index (χ1v) is 3.11. The van der Waals surface area contributed by atoms with Gasteiger partial charge in [0.15, 0.2) is 0 Å². The highest BCUT2D eigenvalue weighted by Crippen LogP contribution is 2.36. The molecular formula is C8H9N. The maximum absolute atomic E-state index is 5.93. The molecule has 0 aromatic rings. The number of hydrogen-bond donors (Lipinski definition) is 1. The summed E-state index contributed by atoms with van der Waals surface area (Å²) in [4.78, 5) is 0. The molecule has 0 spiro atoms. The fourth-order valence-electron chi connectivity index (χ4n) is 1.33. The SMILES string of the molecule is CC1(N)C2=CC=C1C=C2. The lowest BCUT2D eigenvalue weighted by atomic mass is 9.96. The minimum Gasteiger partial charge on any atom is -0.318 e. The fraction of sp³-hybridized carbons (Fsp3) is 0.250. The van der Waals surface area contributed by atoms with Crippen molar-refractivity contribution in [3.8, 4) is 0 Å². The Labute approximate surface area is 54.6 Å². The smallest absolute Gasteiger partial charge is 0.0636 e. The van der Waals surface area contributed by atoms with Gasteiger partial charge in [-0.05, 0) is 18.1 Å². The second-order valence-electron chi connectivity index (χ2n) is 2.78. The van der Waals surface area contributed by atoms with Crippen molar-refractivity contribution in [1.29, 1.82) is 0 Å². The Kier molecular flexibility index (Phi) is 0.662. The zero-order chi connectivity index (χ0) is 6.48. The van der Waals surface area contributed by atoms with Crippen LogP contribution in [0.1, 0.15) is 6.92 Å². The van der Waals surface area contributed by atoms with Gasteiger partial charge in [0, 0.05) is 0 Å². The Morgan fingerprint density at radius 2 is 1.67 bits per heavy atom. The molecule has 0 aromatic heterocycles. The summed E-state index contributed by atoms with van der Waals surface area (Å²) in [6.07, 6.45) is 8.31. The molecule has 9 heavy (non-hydrogen) atoms. The van der Waals surface area contributed by atoms with E-state index in [-0.39, 0.29) is 5.54 Å². The summed E-state index contributed by atoms with van der Waals surface area (Å²) in [7, 11) is 0. The molecule has 2 aliphatic carbocycles. The molecule has 0 saturated carbocycles. The van der Waals surface area contributed by atoms with Gasteiger partial charge < -0.3 is 5.73 Å². The van der Waals surface area contributed by atoms with Gasteiger partial charge >= 0.3 is 0 Å². The highest BCUT2D eigenvalue weighted by molar-refractivity contribution is 5.60. The van der Waals surface area contributed by atoms with Gasteiger partial charge in [-0.2, -0.15) is 0 Å². The molecule has 2 rings (SSSR count). The van der Waals surface area contributed by atoms with Crippen molar-refractivity contribution in [1.82, 2.24) is 0 Å². The van der Waals surface area contributed by atoms with Gasteiger partial charge in [-0.25, -0.2) is 0 Å². The lowest BCUT2D eigenvalue weighted by Crippen LogP contribution is -2.34. The average molecular weight is 119 g/mol. The average Bonchev–Trinajstić information content (AvgIpc) is 2.24. The molecule has 0 aromatic carbocycles. The van der Waals surface area contributed by atoms with E-state index in [2.05, 4.69) is 24.3 Å². The predicted molar refractivity (Wildman–Crippen MR) is 37.9 cm³/mol. The van der Waals surface area contributed by atoms with Crippen molar-refractivity contribution < 1.29 is 0 Å². The number of nitrogens with two attached hydrogens (primary N) is 1. The van der Waals surface area contributed by atoms with E-state index in [0.29, 0.717) is 0 Å². The third-order valence-electron chi connectivity index (χ3n) is 2.08. The van der Waals surface area contributed by atoms with Crippen LogP contribution in [0.2, 0.25) is 0 Å². The maximum Gasteiger partial charge on any atom is 0.0636 e. The minimum absolute atomic E-state index is 0.167. The summed E-state index contributed by atoms with van der Waals surface area (Å²) >= 11 is 0. The van der Waals surface area contributed by atoms with E-state index >= 15 is 0 Å². The zero-order valence-corrected chi connectivity index (χ0v) is 5.39. The summed E-state index contributed by atoms with van der Waals surface area (Å²) in [5.74, 6) is 0. The molecule has 2 N–H and O–H groups in total. The molecule has 0 saturated heterocycles. The zero-order valence-electron chi connectivity index (χ0n) is 5.39. The molecule has 0 atom stereocenters. The van der Waals surface area contributed by atoms with E-state index in [9.17, 15) is 0 Å². The summed E-state index contributed by atoms with van der Waals surface area (Å²) < 4.78 is 0. The second kappa shape index (κ2) is 1.19. The Morgan fingerprint density at radius 1 is 1.22 bits per heavy atom. The summed E-state index contributed by atoms with van der Waals surface area (Å²) in [5, 5.41) is 0. The molecule has 0 radical (unpaired) electrons. The first-order valence-electron chi connectivity index (χ1n) is 3.11. The van der Waals surface area contributed by atoms with E-state index in [1.54, 1.807) is 0 Å². The normalized spacial score (nSPS) is 26.4. The Hall–Kier alpha value is -0.820. The van der Waals surface area contributed by atoms with E-state index in [1.807, 2.05) is 6.92 Å². The molecule has 0 fully saturated rings. The number of allylic oxidation sites excluding steroid dienone is 2. The van der Waals surface area contributed by atoms with Gasteiger partial charge in [0.2, 0.25) is 0 Å². The first kappa shape index (κ1) is 5.00. The third kappa shape index (κ3) is 0.429. The summed E-state index contributed by atoms with van der Waals surface area (Å²) in [6.45, 7) is 2.04. The molecule has 2 bridgehead atoms. The Bertz CT molecular complexity index is 217. The molecular weight excluding hydrogens is 110 g/mol. The Balaban J connectivity index is 2.61. The van der Waals surface area contributed by atoms with Crippen LogP contribution in [0.15, 0.2) is 35.5 Å². The van der Waals surface area contributed by atoms with E-state index in [4.69, 9.17) is 5.73 Å². The van der Waals surface area contributed by atoms with Crippen LogP contribution < -0.4 is 5.73 Å². The number of rotatable bonds is 0. The highest BCUT2D eigenvalue weighted by Gasteiger charge is 2.32. The van der Waals surface area contributed by atoms with Crippen LogP contribution in [0.25, 0.3) is 0 Å². The molecule has 2 aliphatic rings. The maximum atomic E-state index is 5.93. The van der Waals surface area contributed by atoms with Crippen molar-refractivity contribution in [2.24, 2.45) is 5.73 Å². The first-order chi connectivity index (χ1) is 4.21. The van der Waals surface area contributed by atoms with Crippen LogP contribution in [0.5, 0.6) is 0 Å². The topological polar surface area (TPSA) is 26.0 Å². The van der Waals surface area contributed by atoms with Crippen molar-refractivity contribution in [3.05, 3.63) is 35.5 Å². The van der Waals surface area contributed by atoms with Crippen molar-refractivity contribution in [2.45, 2.75) is 12.5 Å². The quantitative estimate of drug-likeness (QED) is 0.508. The standard InChI is InChI=1S/C8H9N/c1-8(9)6-2-3-7(8)5-4-6/h2-5H,9H2,1H3. The second-order valence-corrected chi connectivity index (χ2v) is 2.78. The fourth-order valence-corrected chi connectivity index (χ4v) is 1.33. The Morgan fingerprint density at radius 3 is 1.78 bits per heavy atom. The largest absolute Gasteiger partial charge is 0.318 e. The van der Waals surface area contributed by atoms with Gasteiger partial charge in [-0.1, -0.05) is 24.3 Å². The van der Waals surface area contributed by atoms with E-state index in [1.165, 1.54) is 11.1 Å². The minimum atomic E-state index is -0.167. The molecule has 0 aliphatic heterocycles. The molecule has 46 valence electrons. The predicted octanol–water partition coefficient (Wildman–Crippen LogP) is 1.14. The molecule has 0 amide bonds. The molecule has 1 heteroatoms. The van der Waals surface area contributed by atoms with Crippen molar-refractivity contribution >= 4 is 0 Å². The van der Waals surface area contributed by atoms with E-state index in [0.717, 1.165) is 0 Å². The van der Waals surface area contributed by atoms with Crippen LogP contribution in [0.4, 0.5) is 0 Å². The lowest BCUT2D eigenvalue weighted by molar-refractivity contribution is 0.702. The van der Waals surface area contributed by atoms with Crippen LogP contribution in [-0.4, -0.2) is 5.54 Å². The number of fused-ring (bicyclic) bond motifs is 2. The summed E-state index contributed by atoms with van der Waals surface area (Å²) in [6, 6.07) is 0. The van der Waals surface area contributed by atoms with Gasteiger partial charge in [0.25, 0.3) is 0 Å². The van der Waals surface area contributed by atoms with Crippen molar-refractivity contribution in [3.63, 3.8) is 0 Å². The number of hydrogen-bond acceptors (Lipinski definition) is 1. The summed E-state index contributed by atoms with van der Waals surface area (Å²) in [5.41, 5.74) is 8.23. The van der Waals surface area contributed by atoms with Gasteiger partial charge in [0.1, 0.15) is 0 Å². The van der Waals surface area contributed by atoms with Gasteiger partial charge in [-0.15, -0.1) is 0 Å². The lowest BCUT2D eigenvalue weighted by Gasteiger charge is -2.17. The van der Waals surface area contributed by atoms with Gasteiger partial charge in [-0.3, -0.25) is 0 Å². The van der Waals surface area contributed by atoms with Crippen LogP contribution in [0.3, 0.4) is 0 Å². The van der Waals surface area contributed by atoms with Crippen LogP contribution >= 0.6 is 0 Å². The molecule has 1 nitrogen and oxygen atoms in total. The van der Waals surface area contributed by atoms with E-state index < -0.39 is 0 Å². The molecule has 0 heterocycles. The highest BCUT2D eigenvalue weighted by atomic mass is 14.8. The third-order valence-corrected chi connectivity index (χ3v) is 2.08. The van der Waals surface area contributed by atoms with Crippen LogP contribution in [0, 0.1) is 0 Å². The van der Waals surface area contributed by atoms with Gasteiger partial charge in [0.05, 0.1) is 5.54 Å².